The summed E-state index contributed by atoms with van der Waals surface area (Å²) in [7, 11) is 0. The Hall–Kier alpha value is -8.02. The van der Waals surface area contributed by atoms with Crippen LogP contribution in [0, 0.1) is 58.3 Å². The molecular weight excluding hydrogens is 1000 g/mol. The Balaban J connectivity index is 0. The summed E-state index contributed by atoms with van der Waals surface area (Å²) in [5.41, 5.74) is 6.95. The molecule has 0 aliphatic heterocycles. The van der Waals surface area contributed by atoms with Crippen molar-refractivity contribution in [3.8, 4) is 0 Å². The fourth-order valence-electron chi connectivity index (χ4n) is 6.66. The first-order chi connectivity index (χ1) is 30.5. The Bertz CT molecular complexity index is 2380. The van der Waals surface area contributed by atoms with Crippen molar-refractivity contribution >= 4 is 11.9 Å². The predicted molar refractivity (Wildman–Crippen MR) is 241 cm³/mol. The predicted octanol–water partition coefficient (Wildman–Crippen LogP) is 1.32. The van der Waals surface area contributed by atoms with Crippen LogP contribution >= 0.6 is 0 Å². The van der Waals surface area contributed by atoms with E-state index in [4.69, 9.17) is 70.8 Å². The molecule has 4 aromatic carbocycles. The van der Waals surface area contributed by atoms with Gasteiger partial charge in [-0.25, -0.2) is 18.7 Å². The van der Waals surface area contributed by atoms with E-state index in [1.807, 2.05) is 120 Å². The maximum Gasteiger partial charge on any atom is 2.00 e. The summed E-state index contributed by atoms with van der Waals surface area (Å²) in [6, 6.07) is 49.7. The van der Waals surface area contributed by atoms with Gasteiger partial charge in [0, 0.05) is 47.0 Å². The van der Waals surface area contributed by atoms with Crippen LogP contribution in [0.4, 0.5) is 0 Å². The van der Waals surface area contributed by atoms with Gasteiger partial charge in [0.15, 0.2) is 0 Å². The number of rotatable bonds is 8. The number of carbonyl (C=O) groups is 2. The van der Waals surface area contributed by atoms with Crippen molar-refractivity contribution in [3.05, 3.63) is 246 Å². The average Bonchev–Trinajstić information content (AvgIpc) is 4.11. The van der Waals surface area contributed by atoms with E-state index in [1.54, 1.807) is 0 Å². The van der Waals surface area contributed by atoms with Gasteiger partial charge in [0.05, 0.1) is 44.9 Å². The summed E-state index contributed by atoms with van der Waals surface area (Å²) in [4.78, 5) is 34.4. The first-order valence-electron chi connectivity index (χ1n) is 18.9. The van der Waals surface area contributed by atoms with E-state index < -0.39 is 33.4 Å². The summed E-state index contributed by atoms with van der Waals surface area (Å²) in [5.74, 6) is -4.37. The zero-order valence-electron chi connectivity index (χ0n) is 37.0. The van der Waals surface area contributed by atoms with Crippen molar-refractivity contribution in [1.29, 1.82) is 0 Å². The van der Waals surface area contributed by atoms with E-state index in [0.717, 1.165) is 45.0 Å². The monoisotopic (exact) mass is 1050 g/mol. The van der Waals surface area contributed by atoms with Crippen LogP contribution in [-0.2, 0) is 66.0 Å². The molecule has 0 bridgehead atoms. The van der Waals surface area contributed by atoms with Gasteiger partial charge in [0.1, 0.15) is 0 Å². The summed E-state index contributed by atoms with van der Waals surface area (Å²) in [6.45, 7) is 8.02. The second kappa shape index (κ2) is 29.6. The Kier molecular flexibility index (Phi) is 27.0. The zero-order chi connectivity index (χ0) is 46.9. The van der Waals surface area contributed by atoms with Gasteiger partial charge in [-0.05, 0) is 52.0 Å². The van der Waals surface area contributed by atoms with Crippen LogP contribution in [0.25, 0.3) is 0 Å². The van der Waals surface area contributed by atoms with Crippen molar-refractivity contribution in [2.45, 2.75) is 39.0 Å². The van der Waals surface area contributed by atoms with E-state index in [1.165, 1.54) is 0 Å². The number of nitrogens with zero attached hydrogens (tertiary/aromatic N) is 10. The van der Waals surface area contributed by atoms with Crippen LogP contribution in [-0.4, -0.2) is 66.7 Å². The first kappa shape index (κ1) is 63.1. The molecule has 0 saturated heterocycles. The molecule has 8 aromatic rings. The number of hydrogen-bond donors (Lipinski definition) is 0. The Morgan fingerprint density at radius 2 is 0.565 bits per heavy atom. The van der Waals surface area contributed by atoms with Crippen molar-refractivity contribution in [2.75, 3.05) is 0 Å². The Labute approximate surface area is 415 Å². The molecule has 4 heterocycles. The van der Waals surface area contributed by atoms with Gasteiger partial charge in [0.25, 0.3) is 0 Å². The third kappa shape index (κ3) is 16.1. The first-order valence-corrected chi connectivity index (χ1v) is 18.9. The van der Waals surface area contributed by atoms with Gasteiger partial charge in [0.2, 0.25) is 11.3 Å². The fourth-order valence-corrected chi connectivity index (χ4v) is 6.66. The Morgan fingerprint density at radius 3 is 0.681 bits per heavy atom. The van der Waals surface area contributed by atoms with E-state index >= 15 is 0 Å². The van der Waals surface area contributed by atoms with Crippen molar-refractivity contribution in [1.82, 2.24) is 39.1 Å². The summed E-state index contributed by atoms with van der Waals surface area (Å²) in [5, 5.41) is 66.5. The van der Waals surface area contributed by atoms with Crippen molar-refractivity contribution < 1.29 is 80.5 Å². The molecule has 0 unspecified atom stereocenters. The third-order valence-corrected chi connectivity index (χ3v) is 9.09. The quantitative estimate of drug-likeness (QED) is 0.0681. The van der Waals surface area contributed by atoms with E-state index in [0.29, 0.717) is 0 Å². The number of carboxylic acid groups (broad SMARTS) is 2. The summed E-state index contributed by atoms with van der Waals surface area (Å²) < 4.78 is 8.00. The number of carboxylic acids is 2. The average molecular weight is 1050 g/mol. The molecule has 0 aliphatic carbocycles. The SMILES string of the molecule is Cc1ccn(C(c2ccccc2)(c2ccccc2)n2ccc(C)n2)n1.Cc1ccn(C(c2ccccc2)(c2ccccc2)n2ccc(C)n2)n1.O.O=C([O-])C(=O)[O-].O=[N+]([O-])[O-].O=[N+]([O-])[O-].[Cu+2].[Cu+2].[OH3+].[OH3+]. The largest absolute Gasteiger partial charge is 2.00 e. The maximum absolute atomic E-state index is 8.93. The van der Waals surface area contributed by atoms with Crippen molar-refractivity contribution in [2.24, 2.45) is 0 Å². The standard InChI is InChI=1S/2C21H20N4.C2H2O4.2Cu.2NO3.3H2O/c2*1-17-13-15-24(22-17)21(19-9-5-3-6-10-19,20-11-7-4-8-12-20)25-16-14-18(2)23-25;3-1(4)2(5)6;;;2*2-1(3)4;;;/h2*3-16H,1-2H3;(H,3,4)(H,5,6);;;;;3*1H2/q;;;2*+2;2*-1;;;. The number of aliphatic carboxylic acids is 2. The number of carbonyl (C=O) groups excluding carboxylic acids is 2. The second-order valence-corrected chi connectivity index (χ2v) is 13.4. The molecule has 2 radical (unpaired) electrons. The number of hydrogen-bond acceptors (Lipinski definition) is 14. The number of benzene rings is 4. The molecule has 25 heteroatoms. The Morgan fingerprint density at radius 1 is 0.406 bits per heavy atom. The van der Waals surface area contributed by atoms with Gasteiger partial charge in [-0.15, -0.1) is 0 Å². The van der Waals surface area contributed by atoms with E-state index in [-0.39, 0.29) is 50.6 Å². The van der Waals surface area contributed by atoms with Crippen LogP contribution in [0.1, 0.15) is 45.0 Å². The van der Waals surface area contributed by atoms with Gasteiger partial charge in [-0.2, -0.15) is 20.4 Å². The maximum atomic E-state index is 8.93. The molecule has 4 aromatic heterocycles. The second-order valence-electron chi connectivity index (χ2n) is 13.4. The molecule has 69 heavy (non-hydrogen) atoms. The summed E-state index contributed by atoms with van der Waals surface area (Å²) >= 11 is 0. The molecule has 372 valence electrons. The fraction of sp³-hybridized carbons (Fsp3) is 0.136. The zero-order valence-corrected chi connectivity index (χ0v) is 38.9. The third-order valence-electron chi connectivity index (χ3n) is 9.09. The minimum absolute atomic E-state index is 0. The normalized spacial score (nSPS) is 9.74. The minimum atomic E-state index is -2.19. The van der Waals surface area contributed by atoms with Crippen LogP contribution in [0.5, 0.6) is 0 Å². The topological polar surface area (TPSA) is 381 Å². The molecule has 0 spiro atoms. The molecule has 0 atom stereocenters. The van der Waals surface area contributed by atoms with E-state index in [9.17, 15) is 0 Å². The molecule has 0 amide bonds. The van der Waals surface area contributed by atoms with Crippen LogP contribution in [0.3, 0.4) is 0 Å². The smallest absolute Gasteiger partial charge is 0.543 e. The summed E-state index contributed by atoms with van der Waals surface area (Å²) in [6.07, 6.45) is 8.08. The van der Waals surface area contributed by atoms with Crippen LogP contribution < -0.4 is 10.2 Å². The van der Waals surface area contributed by atoms with Gasteiger partial charge >= 0.3 is 34.1 Å². The molecule has 23 nitrogen and oxygen atoms in total. The molecular formula is C44H48Cu2N10O13+2. The molecule has 0 fully saturated rings. The van der Waals surface area contributed by atoms with Gasteiger partial charge < -0.3 is 66.9 Å². The molecule has 0 aliphatic rings. The molecule has 8 rings (SSSR count). The van der Waals surface area contributed by atoms with Gasteiger partial charge in [-0.3, -0.25) is 0 Å². The van der Waals surface area contributed by atoms with Gasteiger partial charge in [-0.1, -0.05) is 121 Å². The number of aryl methyl sites for hydroxylation is 4. The van der Waals surface area contributed by atoms with Crippen LogP contribution in [0.2, 0.25) is 0 Å². The molecule has 0 saturated carbocycles. The number of aromatic nitrogens is 8. The molecule has 8 N–H and O–H groups in total. The minimum Gasteiger partial charge on any atom is -0.543 e. The van der Waals surface area contributed by atoms with Crippen molar-refractivity contribution in [3.63, 3.8) is 0 Å². The van der Waals surface area contributed by atoms with E-state index in [2.05, 4.69) is 97.1 Å². The van der Waals surface area contributed by atoms with Crippen LogP contribution in [0.15, 0.2) is 170 Å².